The molecule has 0 spiro atoms. The summed E-state index contributed by atoms with van der Waals surface area (Å²) >= 11 is 0. The van der Waals surface area contributed by atoms with Crippen molar-refractivity contribution < 1.29 is 0 Å². The van der Waals surface area contributed by atoms with E-state index in [1.54, 1.807) is 0 Å². The molecule has 0 bridgehead atoms. The molecule has 0 heterocycles. The fourth-order valence-corrected chi connectivity index (χ4v) is 7.74. The first-order valence-corrected chi connectivity index (χ1v) is 8.68. The van der Waals surface area contributed by atoms with Crippen molar-refractivity contribution in [2.75, 3.05) is 24.6 Å². The van der Waals surface area contributed by atoms with Crippen LogP contribution in [0.4, 0.5) is 0 Å². The number of rotatable bonds is 8. The molecule has 0 nitrogen and oxygen atoms in total. The van der Waals surface area contributed by atoms with Gasteiger partial charge in [0, 0.05) is 0 Å². The molecule has 0 fully saturated rings. The van der Waals surface area contributed by atoms with Gasteiger partial charge in [-0.15, -0.1) is 0 Å². The topological polar surface area (TPSA) is 0 Å². The van der Waals surface area contributed by atoms with Gasteiger partial charge in [-0.2, -0.15) is 0 Å². The Morgan fingerprint density at radius 3 is 1.54 bits per heavy atom. The van der Waals surface area contributed by atoms with E-state index >= 15 is 0 Å². The molecule has 13 heavy (non-hydrogen) atoms. The molecule has 0 aliphatic carbocycles. The van der Waals surface area contributed by atoms with Gasteiger partial charge >= 0.3 is 84.6 Å². The Morgan fingerprint density at radius 2 is 1.31 bits per heavy atom. The molecule has 1 heteroatoms. The maximum atomic E-state index is 3.93. The molecule has 0 atom stereocenters. The van der Waals surface area contributed by atoms with Crippen molar-refractivity contribution in [3.63, 3.8) is 0 Å². The van der Waals surface area contributed by atoms with Gasteiger partial charge in [-0.25, -0.2) is 0 Å². The van der Waals surface area contributed by atoms with E-state index < -0.39 is 7.26 Å². The average Bonchev–Trinajstić information content (AvgIpc) is 2.06. The Labute approximate surface area is 85.1 Å². The van der Waals surface area contributed by atoms with E-state index in [0.29, 0.717) is 0 Å². The maximum absolute atomic E-state index is 3.93. The van der Waals surface area contributed by atoms with Crippen LogP contribution >= 0.6 is 7.26 Å². The van der Waals surface area contributed by atoms with Gasteiger partial charge in [0.1, 0.15) is 0 Å². The van der Waals surface area contributed by atoms with E-state index in [-0.39, 0.29) is 0 Å². The summed E-state index contributed by atoms with van der Waals surface area (Å²) in [4.78, 5) is 0. The van der Waals surface area contributed by atoms with Crippen LogP contribution in [0.2, 0.25) is 0 Å². The van der Waals surface area contributed by atoms with Crippen molar-refractivity contribution in [2.24, 2.45) is 0 Å². The normalized spacial score (nSPS) is 12.8. The van der Waals surface area contributed by atoms with Crippen molar-refractivity contribution in [1.29, 1.82) is 0 Å². The first kappa shape index (κ1) is 13.2. The minimum absolute atomic E-state index is 0.914. The summed E-state index contributed by atoms with van der Waals surface area (Å²) in [6, 6.07) is 0. The average molecular weight is 202 g/mol. The quantitative estimate of drug-likeness (QED) is 0.409. The molecule has 0 aliphatic rings. The Kier molecular flexibility index (Phi) is 7.66. The molecule has 0 N–H and O–H groups in total. The third kappa shape index (κ3) is 4.81. The monoisotopic (exact) mass is 202 g/mol. The fourth-order valence-electron chi connectivity index (χ4n) is 2.58. The fraction of sp³-hybridized carbons (Fsp3) is 0.833. The van der Waals surface area contributed by atoms with Crippen LogP contribution in [-0.2, 0) is 0 Å². The summed E-state index contributed by atoms with van der Waals surface area (Å²) in [7, 11) is -0.914. The summed E-state index contributed by atoms with van der Waals surface area (Å²) in [6.45, 7) is 10.9. The van der Waals surface area contributed by atoms with E-state index in [0.717, 1.165) is 0 Å². The number of allylic oxidation sites excluding steroid dienone is 1. The van der Waals surface area contributed by atoms with Crippen LogP contribution < -0.4 is 0 Å². The Hall–Kier alpha value is 0.170. The molecule has 0 unspecified atom stereocenters. The molecular weight excluding hydrogens is 175 g/mol. The molecule has 0 aliphatic heterocycles. The van der Waals surface area contributed by atoms with Gasteiger partial charge in [-0.05, 0) is 0 Å². The third-order valence-electron chi connectivity index (χ3n) is 2.92. The molecule has 0 rings (SSSR count). The second-order valence-electron chi connectivity index (χ2n) is 4.24. The molecule has 0 aromatic heterocycles. The molecule has 0 radical (unpaired) electrons. The second kappa shape index (κ2) is 7.56. The van der Waals surface area contributed by atoms with Crippen molar-refractivity contribution in [2.45, 2.75) is 40.0 Å². The zero-order valence-electron chi connectivity index (χ0n) is 9.73. The van der Waals surface area contributed by atoms with E-state index in [9.17, 15) is 0 Å². The summed E-state index contributed by atoms with van der Waals surface area (Å²) in [5.41, 5.74) is 0. The third-order valence-corrected chi connectivity index (χ3v) is 8.76. The van der Waals surface area contributed by atoms with E-state index in [4.69, 9.17) is 0 Å². The van der Waals surface area contributed by atoms with E-state index in [1.807, 2.05) is 0 Å². The van der Waals surface area contributed by atoms with Gasteiger partial charge in [-0.1, -0.05) is 0 Å². The van der Waals surface area contributed by atoms with Crippen LogP contribution in [-0.4, -0.2) is 24.6 Å². The van der Waals surface area contributed by atoms with Crippen molar-refractivity contribution in [3.05, 3.63) is 12.7 Å². The van der Waals surface area contributed by atoms with Crippen molar-refractivity contribution in [1.82, 2.24) is 0 Å². The van der Waals surface area contributed by atoms with Crippen LogP contribution in [0, 0.1) is 0 Å². The van der Waals surface area contributed by atoms with Crippen LogP contribution in [0.5, 0.6) is 0 Å². The molecule has 0 aromatic carbocycles. The predicted molar refractivity (Wildman–Crippen MR) is 68.9 cm³/mol. The Balaban J connectivity index is 4.27. The van der Waals surface area contributed by atoms with Gasteiger partial charge in [0.25, 0.3) is 0 Å². The first-order valence-electron chi connectivity index (χ1n) is 5.85. The van der Waals surface area contributed by atoms with Crippen LogP contribution in [0.3, 0.4) is 0 Å². The van der Waals surface area contributed by atoms with Crippen LogP contribution in [0.25, 0.3) is 0 Å². The summed E-state index contributed by atoms with van der Waals surface area (Å²) in [5.74, 6) is 0. The van der Waals surface area contributed by atoms with Gasteiger partial charge in [-0.3, -0.25) is 0 Å². The summed E-state index contributed by atoms with van der Waals surface area (Å²) in [6.07, 6.45) is 12.2. The molecular formula is C12H27P. The van der Waals surface area contributed by atoms with Gasteiger partial charge in [0.2, 0.25) is 0 Å². The van der Waals surface area contributed by atoms with Gasteiger partial charge < -0.3 is 0 Å². The first-order chi connectivity index (χ1) is 6.24. The summed E-state index contributed by atoms with van der Waals surface area (Å²) in [5, 5.41) is 0. The predicted octanol–water partition coefficient (Wildman–Crippen LogP) is 4.15. The Bertz CT molecular complexity index is 112. The number of hydrogen-bond acceptors (Lipinski definition) is 0. The summed E-state index contributed by atoms with van der Waals surface area (Å²) < 4.78 is 0. The minimum atomic E-state index is -0.914. The molecule has 80 valence electrons. The molecule has 0 aromatic rings. The zero-order valence-corrected chi connectivity index (χ0v) is 10.7. The van der Waals surface area contributed by atoms with Gasteiger partial charge in [0.05, 0.1) is 0 Å². The van der Waals surface area contributed by atoms with Crippen LogP contribution in [0.15, 0.2) is 12.7 Å². The Morgan fingerprint density at radius 1 is 0.923 bits per heavy atom. The van der Waals surface area contributed by atoms with Gasteiger partial charge in [0.15, 0.2) is 0 Å². The van der Waals surface area contributed by atoms with Crippen LogP contribution in [0.1, 0.15) is 40.0 Å². The SMILES string of the molecule is C=CC[PH](CCC)(CCC)CCC. The van der Waals surface area contributed by atoms with Crippen molar-refractivity contribution in [3.8, 4) is 0 Å². The van der Waals surface area contributed by atoms with Crippen molar-refractivity contribution >= 4 is 7.26 Å². The number of hydrogen-bond donors (Lipinski definition) is 0. The van der Waals surface area contributed by atoms with E-state index in [2.05, 4.69) is 33.4 Å². The second-order valence-corrected chi connectivity index (χ2v) is 9.15. The molecule has 0 amide bonds. The zero-order chi connectivity index (χ0) is 10.2. The standard InChI is InChI=1S/C12H27P/c1-5-9-13(10-6-2,11-7-3)12-8-4/h5,13H,1,6-12H2,2-4H3. The van der Waals surface area contributed by atoms with E-state index in [1.165, 1.54) is 43.9 Å². The molecule has 0 saturated carbocycles. The molecule has 0 saturated heterocycles.